The molecule has 0 saturated carbocycles. The number of rotatable bonds is 6. The van der Waals surface area contributed by atoms with Gasteiger partial charge in [0.2, 0.25) is 0 Å². The van der Waals surface area contributed by atoms with Crippen LogP contribution in [0.2, 0.25) is 0 Å². The van der Waals surface area contributed by atoms with Crippen LogP contribution in [0.4, 0.5) is 51.2 Å². The lowest BCUT2D eigenvalue weighted by molar-refractivity contribution is 0.477. The molecule has 0 unspecified atom stereocenters. The fraction of sp³-hybridized carbons (Fsp3) is 0. The van der Waals surface area contributed by atoms with E-state index in [-0.39, 0.29) is 0 Å². The van der Waals surface area contributed by atoms with Gasteiger partial charge in [-0.2, -0.15) is 0 Å². The molecule has 0 aromatic heterocycles. The highest BCUT2D eigenvalue weighted by molar-refractivity contribution is 5.90. The minimum absolute atomic E-state index is 0.794. The maximum atomic E-state index is 6.59. The van der Waals surface area contributed by atoms with Gasteiger partial charge in [0.1, 0.15) is 0 Å². The van der Waals surface area contributed by atoms with Crippen molar-refractivity contribution in [2.75, 3.05) is 14.7 Å². The first-order valence-corrected chi connectivity index (χ1v) is 17.8. The minimum Gasteiger partial charge on any atom is -0.453 e. The predicted octanol–water partition coefficient (Wildman–Crippen LogP) is 14.0. The molecule has 53 heavy (non-hydrogen) atoms. The van der Waals surface area contributed by atoms with Crippen molar-refractivity contribution in [1.82, 2.24) is 0 Å². The molecule has 0 amide bonds. The van der Waals surface area contributed by atoms with E-state index in [2.05, 4.69) is 160 Å². The summed E-state index contributed by atoms with van der Waals surface area (Å²) >= 11 is 0. The van der Waals surface area contributed by atoms with E-state index < -0.39 is 0 Å². The Balaban J connectivity index is 1.02. The molecule has 2 aliphatic rings. The maximum absolute atomic E-state index is 6.59. The number of benzene rings is 8. The van der Waals surface area contributed by atoms with E-state index in [0.717, 1.165) is 85.3 Å². The highest BCUT2D eigenvalue weighted by Crippen LogP contribution is 2.53. The molecule has 10 rings (SSSR count). The normalized spacial score (nSPS) is 12.4. The highest BCUT2D eigenvalue weighted by Gasteiger charge is 2.28. The lowest BCUT2D eigenvalue weighted by atomic mass is 10.0. The molecule has 0 atom stereocenters. The number of anilines is 9. The van der Waals surface area contributed by atoms with Gasteiger partial charge in [0, 0.05) is 34.5 Å². The summed E-state index contributed by atoms with van der Waals surface area (Å²) in [4.78, 5) is 6.80. The Morgan fingerprint density at radius 1 is 0.302 bits per heavy atom. The Bertz CT molecular complexity index is 2570. The highest BCUT2D eigenvalue weighted by atomic mass is 16.5. The summed E-state index contributed by atoms with van der Waals surface area (Å²) in [7, 11) is 0. The van der Waals surface area contributed by atoms with E-state index in [4.69, 9.17) is 9.47 Å². The molecule has 0 bridgehead atoms. The van der Waals surface area contributed by atoms with Crippen molar-refractivity contribution >= 4 is 51.2 Å². The molecule has 0 radical (unpaired) electrons. The van der Waals surface area contributed by atoms with Crippen molar-refractivity contribution in [3.8, 4) is 34.1 Å². The van der Waals surface area contributed by atoms with Crippen molar-refractivity contribution in [3.63, 3.8) is 0 Å². The summed E-state index contributed by atoms with van der Waals surface area (Å²) in [5.41, 5.74) is 11.5. The molecule has 252 valence electrons. The largest absolute Gasteiger partial charge is 0.453 e. The average molecular weight is 684 g/mol. The molecular weight excluding hydrogens is 651 g/mol. The summed E-state index contributed by atoms with van der Waals surface area (Å²) in [6, 6.07) is 69.4. The van der Waals surface area contributed by atoms with E-state index >= 15 is 0 Å². The van der Waals surface area contributed by atoms with Crippen LogP contribution >= 0.6 is 0 Å². The van der Waals surface area contributed by atoms with Crippen LogP contribution in [0.5, 0.6) is 23.0 Å². The fourth-order valence-corrected chi connectivity index (χ4v) is 7.36. The molecule has 8 aromatic rings. The van der Waals surface area contributed by atoms with Crippen LogP contribution in [-0.4, -0.2) is 0 Å². The Morgan fingerprint density at radius 2 is 0.717 bits per heavy atom. The standard InChI is InChI=1S/C48H33N3O2/c1-4-14-36(15-5-1)49(40-29-31-44-48(33-40)53-46-23-13-11-21-42(46)51(44)38-18-8-3-9-19-38)39-27-24-34(25-28-39)35-26-30-43-47(32-35)52-45-22-12-10-20-41(45)50(43)37-16-6-2-7-17-37/h1-33H. The minimum atomic E-state index is 0.794. The van der Waals surface area contributed by atoms with Gasteiger partial charge in [-0.15, -0.1) is 0 Å². The van der Waals surface area contributed by atoms with Gasteiger partial charge in [0.15, 0.2) is 23.0 Å². The monoisotopic (exact) mass is 683 g/mol. The van der Waals surface area contributed by atoms with Crippen LogP contribution in [0, 0.1) is 0 Å². The lowest BCUT2D eigenvalue weighted by Crippen LogP contribution is -2.16. The SMILES string of the molecule is c1ccc(N(c2ccc(-c3ccc4c(c3)Oc3ccccc3N4c3ccccc3)cc2)c2ccc3c(c2)Oc2ccccc2N3c2ccccc2)cc1. The third kappa shape index (κ3) is 5.43. The Kier molecular flexibility index (Phi) is 7.40. The number of ether oxygens (including phenoxy) is 2. The number of hydrogen-bond acceptors (Lipinski definition) is 5. The molecule has 0 aliphatic carbocycles. The summed E-state index contributed by atoms with van der Waals surface area (Å²) in [5.74, 6) is 3.27. The van der Waals surface area contributed by atoms with Crippen LogP contribution in [0.1, 0.15) is 0 Å². The molecule has 5 nitrogen and oxygen atoms in total. The average Bonchev–Trinajstić information content (AvgIpc) is 3.23. The van der Waals surface area contributed by atoms with Crippen molar-refractivity contribution in [2.24, 2.45) is 0 Å². The Labute approximate surface area is 308 Å². The third-order valence-electron chi connectivity index (χ3n) is 9.80. The molecule has 5 heteroatoms. The van der Waals surface area contributed by atoms with E-state index in [1.165, 1.54) is 0 Å². The number of hydrogen-bond donors (Lipinski definition) is 0. The first-order valence-electron chi connectivity index (χ1n) is 17.8. The zero-order valence-corrected chi connectivity index (χ0v) is 28.7. The van der Waals surface area contributed by atoms with Crippen LogP contribution in [0.25, 0.3) is 11.1 Å². The van der Waals surface area contributed by atoms with E-state index in [1.54, 1.807) is 0 Å². The van der Waals surface area contributed by atoms with Gasteiger partial charge < -0.3 is 24.2 Å². The van der Waals surface area contributed by atoms with E-state index in [1.807, 2.05) is 54.6 Å². The summed E-state index contributed by atoms with van der Waals surface area (Å²) in [6.45, 7) is 0. The van der Waals surface area contributed by atoms with Crippen LogP contribution in [-0.2, 0) is 0 Å². The van der Waals surface area contributed by atoms with Gasteiger partial charge in [-0.25, -0.2) is 0 Å². The van der Waals surface area contributed by atoms with Crippen molar-refractivity contribution in [3.05, 3.63) is 200 Å². The van der Waals surface area contributed by atoms with Crippen molar-refractivity contribution in [1.29, 1.82) is 0 Å². The number of nitrogens with zero attached hydrogens (tertiary/aromatic N) is 3. The fourth-order valence-electron chi connectivity index (χ4n) is 7.36. The zero-order chi connectivity index (χ0) is 35.1. The summed E-state index contributed by atoms with van der Waals surface area (Å²) in [6.07, 6.45) is 0. The second-order valence-corrected chi connectivity index (χ2v) is 13.0. The second kappa shape index (κ2) is 12.8. The maximum Gasteiger partial charge on any atom is 0.153 e. The molecule has 2 aliphatic heterocycles. The molecule has 0 spiro atoms. The van der Waals surface area contributed by atoms with Gasteiger partial charge in [-0.1, -0.05) is 97.1 Å². The van der Waals surface area contributed by atoms with Gasteiger partial charge >= 0.3 is 0 Å². The first-order chi connectivity index (χ1) is 26.3. The van der Waals surface area contributed by atoms with Crippen molar-refractivity contribution < 1.29 is 9.47 Å². The number of fused-ring (bicyclic) bond motifs is 4. The van der Waals surface area contributed by atoms with Crippen molar-refractivity contribution in [2.45, 2.75) is 0 Å². The Hall–Kier alpha value is -7.24. The molecule has 0 saturated heterocycles. The quantitative estimate of drug-likeness (QED) is 0.174. The molecule has 2 heterocycles. The summed E-state index contributed by atoms with van der Waals surface area (Å²) < 4.78 is 13.1. The molecular formula is C48H33N3O2. The first kappa shape index (κ1) is 30.6. The zero-order valence-electron chi connectivity index (χ0n) is 28.7. The van der Waals surface area contributed by atoms with Crippen LogP contribution in [0.15, 0.2) is 200 Å². The Morgan fingerprint density at radius 3 is 1.30 bits per heavy atom. The third-order valence-corrected chi connectivity index (χ3v) is 9.80. The topological polar surface area (TPSA) is 28.2 Å². The van der Waals surface area contributed by atoms with Gasteiger partial charge in [-0.05, 0) is 108 Å². The smallest absolute Gasteiger partial charge is 0.153 e. The molecule has 0 fully saturated rings. The second-order valence-electron chi connectivity index (χ2n) is 13.0. The number of para-hydroxylation sites is 7. The molecule has 8 aromatic carbocycles. The summed E-state index contributed by atoms with van der Waals surface area (Å²) in [5, 5.41) is 0. The van der Waals surface area contributed by atoms with E-state index in [9.17, 15) is 0 Å². The van der Waals surface area contributed by atoms with Crippen LogP contribution in [0.3, 0.4) is 0 Å². The molecule has 0 N–H and O–H groups in total. The van der Waals surface area contributed by atoms with E-state index in [0.29, 0.717) is 0 Å². The lowest BCUT2D eigenvalue weighted by Gasteiger charge is -2.34. The van der Waals surface area contributed by atoms with Gasteiger partial charge in [0.25, 0.3) is 0 Å². The van der Waals surface area contributed by atoms with Gasteiger partial charge in [0.05, 0.1) is 22.7 Å². The predicted molar refractivity (Wildman–Crippen MR) is 216 cm³/mol. The van der Waals surface area contributed by atoms with Gasteiger partial charge in [-0.3, -0.25) is 0 Å². The van der Waals surface area contributed by atoms with Crippen LogP contribution < -0.4 is 24.2 Å².